The molecule has 4 aromatic rings. The first-order valence-electron chi connectivity index (χ1n) is 8.90. The molecule has 0 spiro atoms. The largest absolute Gasteiger partial charge is 0.331 e. The lowest BCUT2D eigenvalue weighted by Gasteiger charge is -2.15. The minimum absolute atomic E-state index is 0.110. The molecule has 0 aliphatic rings. The Hall–Kier alpha value is -4.00. The summed E-state index contributed by atoms with van der Waals surface area (Å²) in [5, 5.41) is 0.990. The monoisotopic (exact) mass is 389 g/mol. The molecule has 144 valence electrons. The van der Waals surface area contributed by atoms with Gasteiger partial charge in [-0.25, -0.2) is 4.39 Å². The number of nitrogens with zero attached hydrogens (tertiary/aromatic N) is 1. The summed E-state index contributed by atoms with van der Waals surface area (Å²) in [7, 11) is 0. The van der Waals surface area contributed by atoms with Crippen molar-refractivity contribution in [3.8, 4) is 0 Å². The number of carbonyl (C=O) groups is 2. The van der Waals surface area contributed by atoms with Gasteiger partial charge in [-0.15, -0.1) is 0 Å². The Morgan fingerprint density at radius 3 is 1.97 bits per heavy atom. The third-order valence-electron chi connectivity index (χ3n) is 4.61. The van der Waals surface area contributed by atoms with Crippen LogP contribution in [-0.4, -0.2) is 16.4 Å². The van der Waals surface area contributed by atoms with E-state index in [-0.39, 0.29) is 17.5 Å². The van der Waals surface area contributed by atoms with Gasteiger partial charge >= 0.3 is 0 Å². The zero-order valence-electron chi connectivity index (χ0n) is 15.2. The number of pyridine rings is 1. The van der Waals surface area contributed by atoms with E-state index in [0.29, 0.717) is 21.8 Å². The fourth-order valence-electron chi connectivity index (χ4n) is 3.27. The highest BCUT2D eigenvalue weighted by atomic mass is 19.1. The van der Waals surface area contributed by atoms with Crippen LogP contribution >= 0.6 is 0 Å². The van der Waals surface area contributed by atoms with E-state index in [1.54, 1.807) is 53.1 Å². The van der Waals surface area contributed by atoms with Crippen LogP contribution in [0.25, 0.3) is 21.8 Å². The zero-order valence-corrected chi connectivity index (χ0v) is 15.2. The van der Waals surface area contributed by atoms with E-state index in [0.717, 1.165) is 6.07 Å². The third kappa shape index (κ3) is 3.45. The number of amides is 2. The molecule has 0 unspecified atom stereocenters. The predicted octanol–water partition coefficient (Wildman–Crippen LogP) is 2.76. The van der Waals surface area contributed by atoms with Gasteiger partial charge in [0, 0.05) is 10.8 Å². The quantitative estimate of drug-likeness (QED) is 0.418. The second kappa shape index (κ2) is 7.55. The van der Waals surface area contributed by atoms with Gasteiger partial charge in [0.1, 0.15) is 12.4 Å². The van der Waals surface area contributed by atoms with Gasteiger partial charge in [0.25, 0.3) is 11.8 Å². The number of hydrogen-bond acceptors (Lipinski definition) is 3. The van der Waals surface area contributed by atoms with Gasteiger partial charge in [-0.3, -0.25) is 25.2 Å². The Labute approximate surface area is 164 Å². The van der Waals surface area contributed by atoms with Gasteiger partial charge in [0.2, 0.25) is 0 Å². The first-order valence-corrected chi connectivity index (χ1v) is 8.90. The molecule has 2 amide bonds. The van der Waals surface area contributed by atoms with Crippen molar-refractivity contribution in [1.82, 2.24) is 15.4 Å². The molecule has 0 radical (unpaired) electrons. The Morgan fingerprint density at radius 1 is 0.793 bits per heavy atom. The van der Waals surface area contributed by atoms with E-state index >= 15 is 0 Å². The van der Waals surface area contributed by atoms with Gasteiger partial charge in [-0.05, 0) is 36.4 Å². The first-order chi connectivity index (χ1) is 14.1. The van der Waals surface area contributed by atoms with E-state index in [2.05, 4.69) is 10.9 Å². The smallest absolute Gasteiger partial charge is 0.272 e. The number of carbonyl (C=O) groups excluding carboxylic acids is 2. The van der Waals surface area contributed by atoms with Crippen LogP contribution in [0.2, 0.25) is 0 Å². The Bertz CT molecular complexity index is 1250. The highest BCUT2D eigenvalue weighted by molar-refractivity contribution is 5.97. The van der Waals surface area contributed by atoms with E-state index in [4.69, 9.17) is 0 Å². The molecular formula is C22H16FN3O3. The van der Waals surface area contributed by atoms with Crippen LogP contribution in [0.1, 0.15) is 10.4 Å². The van der Waals surface area contributed by atoms with Gasteiger partial charge in [-0.2, -0.15) is 0 Å². The number of hydrogen-bond donors (Lipinski definition) is 2. The molecule has 0 bridgehead atoms. The lowest BCUT2D eigenvalue weighted by atomic mass is 10.1. The van der Waals surface area contributed by atoms with E-state index in [1.807, 2.05) is 0 Å². The summed E-state index contributed by atoms with van der Waals surface area (Å²) in [6.07, 6.45) is 0. The maximum atomic E-state index is 13.7. The number of aromatic nitrogens is 1. The SMILES string of the molecule is O=C(Cn1c2ccccc2c(=O)c2ccccc21)NNC(=O)c1ccccc1F. The highest BCUT2D eigenvalue weighted by Crippen LogP contribution is 2.18. The van der Waals surface area contributed by atoms with Crippen molar-refractivity contribution in [2.24, 2.45) is 0 Å². The molecular weight excluding hydrogens is 373 g/mol. The lowest BCUT2D eigenvalue weighted by Crippen LogP contribution is -2.43. The molecule has 0 atom stereocenters. The Morgan fingerprint density at radius 2 is 1.34 bits per heavy atom. The van der Waals surface area contributed by atoms with Crippen molar-refractivity contribution >= 4 is 33.6 Å². The van der Waals surface area contributed by atoms with Gasteiger partial charge in [-0.1, -0.05) is 36.4 Å². The summed E-state index contributed by atoms with van der Waals surface area (Å²) in [6, 6.07) is 19.5. The van der Waals surface area contributed by atoms with Crippen molar-refractivity contribution in [3.05, 3.63) is 94.4 Å². The number of para-hydroxylation sites is 2. The normalized spacial score (nSPS) is 10.8. The van der Waals surface area contributed by atoms with Crippen molar-refractivity contribution in [1.29, 1.82) is 0 Å². The molecule has 0 saturated heterocycles. The van der Waals surface area contributed by atoms with Crippen molar-refractivity contribution in [2.75, 3.05) is 0 Å². The summed E-state index contributed by atoms with van der Waals surface area (Å²) in [4.78, 5) is 37.3. The number of fused-ring (bicyclic) bond motifs is 2. The predicted molar refractivity (Wildman–Crippen MR) is 108 cm³/mol. The van der Waals surface area contributed by atoms with Crippen molar-refractivity contribution < 1.29 is 14.0 Å². The molecule has 29 heavy (non-hydrogen) atoms. The van der Waals surface area contributed by atoms with E-state index in [9.17, 15) is 18.8 Å². The number of nitrogens with one attached hydrogen (secondary N) is 2. The van der Waals surface area contributed by atoms with Crippen LogP contribution in [0.3, 0.4) is 0 Å². The average Bonchev–Trinajstić information content (AvgIpc) is 2.75. The molecule has 0 fully saturated rings. The van der Waals surface area contributed by atoms with Crippen molar-refractivity contribution in [2.45, 2.75) is 6.54 Å². The molecule has 6 nitrogen and oxygen atoms in total. The average molecular weight is 389 g/mol. The van der Waals surface area contributed by atoms with E-state index in [1.165, 1.54) is 18.2 Å². The highest BCUT2D eigenvalue weighted by Gasteiger charge is 2.15. The number of benzene rings is 3. The Balaban J connectivity index is 1.63. The maximum absolute atomic E-state index is 13.7. The Kier molecular flexibility index (Phi) is 4.78. The topological polar surface area (TPSA) is 80.2 Å². The van der Waals surface area contributed by atoms with Crippen LogP contribution < -0.4 is 16.3 Å². The summed E-state index contributed by atoms with van der Waals surface area (Å²) < 4.78 is 15.4. The summed E-state index contributed by atoms with van der Waals surface area (Å²) in [6.45, 7) is -0.140. The summed E-state index contributed by atoms with van der Waals surface area (Å²) in [5.41, 5.74) is 5.43. The number of hydrazine groups is 1. The van der Waals surface area contributed by atoms with Gasteiger partial charge < -0.3 is 4.57 Å². The molecule has 2 N–H and O–H groups in total. The summed E-state index contributed by atoms with van der Waals surface area (Å²) >= 11 is 0. The lowest BCUT2D eigenvalue weighted by molar-refractivity contribution is -0.122. The summed E-state index contributed by atoms with van der Waals surface area (Å²) in [5.74, 6) is -1.96. The molecule has 1 heterocycles. The fourth-order valence-corrected chi connectivity index (χ4v) is 3.27. The minimum Gasteiger partial charge on any atom is -0.331 e. The minimum atomic E-state index is -0.758. The molecule has 1 aromatic heterocycles. The molecule has 4 rings (SSSR count). The van der Waals surface area contributed by atoms with Crippen LogP contribution in [-0.2, 0) is 11.3 Å². The molecule has 3 aromatic carbocycles. The molecule has 0 aliphatic heterocycles. The van der Waals surface area contributed by atoms with Crippen LogP contribution in [0.4, 0.5) is 4.39 Å². The fraction of sp³-hybridized carbons (Fsp3) is 0.0455. The van der Waals surface area contributed by atoms with Gasteiger partial charge in [0.15, 0.2) is 5.43 Å². The molecule has 7 heteroatoms. The van der Waals surface area contributed by atoms with Crippen molar-refractivity contribution in [3.63, 3.8) is 0 Å². The third-order valence-corrected chi connectivity index (χ3v) is 4.61. The first kappa shape index (κ1) is 18.4. The standard InChI is InChI=1S/C22H16FN3O3/c23-17-10-4-1-7-14(17)22(29)25-24-20(27)13-26-18-11-5-2-8-15(18)21(28)16-9-3-6-12-19(16)26/h1-12H,13H2,(H,24,27)(H,25,29). The van der Waals surface area contributed by atoms with Crippen LogP contribution in [0.5, 0.6) is 0 Å². The molecule has 0 aliphatic carbocycles. The van der Waals surface area contributed by atoms with Gasteiger partial charge in [0.05, 0.1) is 16.6 Å². The van der Waals surface area contributed by atoms with E-state index < -0.39 is 17.6 Å². The number of rotatable bonds is 3. The molecule has 0 saturated carbocycles. The van der Waals surface area contributed by atoms with Crippen LogP contribution in [0.15, 0.2) is 77.6 Å². The zero-order chi connectivity index (χ0) is 20.4. The van der Waals surface area contributed by atoms with Crippen LogP contribution in [0, 0.1) is 5.82 Å². The number of halogens is 1. The second-order valence-electron chi connectivity index (χ2n) is 6.43. The second-order valence-corrected chi connectivity index (χ2v) is 6.43. The maximum Gasteiger partial charge on any atom is 0.272 e.